The van der Waals surface area contributed by atoms with Crippen LogP contribution in [0.5, 0.6) is 0 Å². The molecule has 7 nitrogen and oxygen atoms in total. The predicted octanol–water partition coefficient (Wildman–Crippen LogP) is 4.55. The number of hydrogen-bond donors (Lipinski definition) is 1. The first-order valence-corrected chi connectivity index (χ1v) is 9.50. The number of benzene rings is 1. The van der Waals surface area contributed by atoms with Gasteiger partial charge in [-0.05, 0) is 18.2 Å². The van der Waals surface area contributed by atoms with E-state index in [1.807, 2.05) is 0 Å². The van der Waals surface area contributed by atoms with Crippen LogP contribution in [0.1, 0.15) is 45.8 Å². The van der Waals surface area contributed by atoms with Gasteiger partial charge >= 0.3 is 12.7 Å². The molecule has 1 amide bonds. The first kappa shape index (κ1) is 20.2. The van der Waals surface area contributed by atoms with Gasteiger partial charge in [0.05, 0.1) is 17.6 Å². The highest BCUT2D eigenvalue weighted by molar-refractivity contribution is 5.93. The molecule has 1 aliphatic heterocycles. The molecule has 0 fully saturated rings. The molecule has 0 spiro atoms. The molecule has 4 aromatic rings. The van der Waals surface area contributed by atoms with Crippen LogP contribution in [-0.2, 0) is 12.6 Å². The molecular weight excluding hydrogens is 437 g/mol. The van der Waals surface area contributed by atoms with E-state index in [4.69, 9.17) is 4.42 Å². The fraction of sp³-hybridized carbons (Fsp3) is 0.250. The lowest BCUT2D eigenvalue weighted by molar-refractivity contribution is -0.136. The van der Waals surface area contributed by atoms with E-state index in [9.17, 15) is 26.7 Å². The molecule has 32 heavy (non-hydrogen) atoms. The Bertz CT molecular complexity index is 1310. The highest BCUT2D eigenvalue weighted by Gasteiger charge is 2.40. The van der Waals surface area contributed by atoms with Crippen molar-refractivity contribution in [2.24, 2.45) is 0 Å². The Kier molecular flexibility index (Phi) is 4.53. The summed E-state index contributed by atoms with van der Waals surface area (Å²) < 4.78 is 72.8. The van der Waals surface area contributed by atoms with Crippen LogP contribution in [0.3, 0.4) is 0 Å². The lowest BCUT2D eigenvalue weighted by Crippen LogP contribution is -2.41. The molecule has 0 radical (unpaired) electrons. The molecule has 1 aliphatic rings. The number of hydrogen-bond acceptors (Lipinski definition) is 4. The number of nitrogens with one attached hydrogen (secondary N) is 1. The minimum atomic E-state index is -4.64. The van der Waals surface area contributed by atoms with Gasteiger partial charge in [-0.1, -0.05) is 12.1 Å². The SMILES string of the molecule is O=C(c1ccnn1C(F)F)N1CCc2[nH]cnc2[C@@H]1c1cc2cccc(C(F)(F)F)c2o1. The van der Waals surface area contributed by atoms with Gasteiger partial charge < -0.3 is 14.3 Å². The predicted molar refractivity (Wildman–Crippen MR) is 99.9 cm³/mol. The lowest BCUT2D eigenvalue weighted by atomic mass is 9.99. The third kappa shape index (κ3) is 3.13. The van der Waals surface area contributed by atoms with Gasteiger partial charge in [-0.3, -0.25) is 4.79 Å². The number of H-pyrrole nitrogens is 1. The van der Waals surface area contributed by atoms with E-state index in [0.29, 0.717) is 22.5 Å². The second-order valence-electron chi connectivity index (χ2n) is 7.23. The van der Waals surface area contributed by atoms with Gasteiger partial charge in [0.2, 0.25) is 0 Å². The summed E-state index contributed by atoms with van der Waals surface area (Å²) in [6, 6.07) is 5.18. The zero-order valence-electron chi connectivity index (χ0n) is 16.1. The number of halogens is 5. The summed E-state index contributed by atoms with van der Waals surface area (Å²) in [5.41, 5.74) is -0.620. The van der Waals surface area contributed by atoms with E-state index in [0.717, 1.165) is 18.3 Å². The van der Waals surface area contributed by atoms with Crippen molar-refractivity contribution in [1.29, 1.82) is 0 Å². The zero-order chi connectivity index (χ0) is 22.6. The van der Waals surface area contributed by atoms with E-state index in [1.54, 1.807) is 0 Å². The van der Waals surface area contributed by atoms with Gasteiger partial charge in [-0.25, -0.2) is 4.98 Å². The number of carbonyl (C=O) groups is 1. The highest BCUT2D eigenvalue weighted by atomic mass is 19.4. The minimum absolute atomic E-state index is 0.0428. The fourth-order valence-electron chi connectivity index (χ4n) is 4.01. The minimum Gasteiger partial charge on any atom is -0.458 e. The summed E-state index contributed by atoms with van der Waals surface area (Å²) >= 11 is 0. The molecule has 0 bridgehead atoms. The Morgan fingerprint density at radius 3 is 2.81 bits per heavy atom. The van der Waals surface area contributed by atoms with Gasteiger partial charge in [0.15, 0.2) is 0 Å². The van der Waals surface area contributed by atoms with Crippen molar-refractivity contribution in [2.75, 3.05) is 6.54 Å². The quantitative estimate of drug-likeness (QED) is 0.464. The largest absolute Gasteiger partial charge is 0.458 e. The average molecular weight is 451 g/mol. The van der Waals surface area contributed by atoms with Gasteiger partial charge in [0, 0.05) is 30.2 Å². The molecule has 1 aromatic carbocycles. The molecule has 166 valence electrons. The Hall–Kier alpha value is -3.70. The summed E-state index contributed by atoms with van der Waals surface area (Å²) in [6.07, 6.45) is -1.81. The molecule has 4 heterocycles. The zero-order valence-corrected chi connectivity index (χ0v) is 16.1. The maximum atomic E-state index is 13.4. The molecule has 3 aromatic heterocycles. The lowest BCUT2D eigenvalue weighted by Gasteiger charge is -2.33. The number of aromatic nitrogens is 4. The van der Waals surface area contributed by atoms with Crippen LogP contribution < -0.4 is 0 Å². The Balaban J connectivity index is 1.64. The number of nitrogens with zero attached hydrogens (tertiary/aromatic N) is 4. The Morgan fingerprint density at radius 2 is 2.06 bits per heavy atom. The Labute approximate surface area is 176 Å². The molecule has 0 saturated heterocycles. The standard InChI is InChI=1S/C20H14F5N5O2/c21-19(22)30-13(4-6-28-30)18(31)29-7-5-12-15(27-9-26-12)16(29)14-8-10-2-1-3-11(17(10)32-14)20(23,24)25/h1-4,6,8-9,16,19H,5,7H2,(H,26,27)/t16-/m0/s1. The summed E-state index contributed by atoms with van der Waals surface area (Å²) in [7, 11) is 0. The fourth-order valence-corrected chi connectivity index (χ4v) is 4.01. The first-order valence-electron chi connectivity index (χ1n) is 9.50. The number of para-hydroxylation sites is 1. The van der Waals surface area contributed by atoms with Crippen LogP contribution in [0.2, 0.25) is 0 Å². The normalized spacial score (nSPS) is 16.7. The summed E-state index contributed by atoms with van der Waals surface area (Å²) in [5, 5.41) is 3.68. The van der Waals surface area contributed by atoms with Crippen LogP contribution in [0.25, 0.3) is 11.0 Å². The highest BCUT2D eigenvalue weighted by Crippen LogP contribution is 2.41. The molecule has 1 N–H and O–H groups in total. The van der Waals surface area contributed by atoms with Gasteiger partial charge in [-0.15, -0.1) is 0 Å². The smallest absolute Gasteiger partial charge is 0.420 e. The second kappa shape index (κ2) is 7.18. The van der Waals surface area contributed by atoms with Crippen molar-refractivity contribution in [3.05, 3.63) is 71.3 Å². The molecule has 0 saturated carbocycles. The maximum absolute atomic E-state index is 13.4. The van der Waals surface area contributed by atoms with Crippen molar-refractivity contribution >= 4 is 16.9 Å². The average Bonchev–Trinajstić information content (AvgIpc) is 3.49. The number of rotatable bonds is 3. The number of imidazole rings is 1. The van der Waals surface area contributed by atoms with Crippen molar-refractivity contribution in [2.45, 2.75) is 25.2 Å². The Morgan fingerprint density at radius 1 is 1.25 bits per heavy atom. The van der Waals surface area contributed by atoms with Gasteiger partial charge in [0.1, 0.15) is 23.1 Å². The van der Waals surface area contributed by atoms with Crippen molar-refractivity contribution in [1.82, 2.24) is 24.6 Å². The number of fused-ring (bicyclic) bond motifs is 2. The van der Waals surface area contributed by atoms with Gasteiger partial charge in [-0.2, -0.15) is 31.7 Å². The van der Waals surface area contributed by atoms with Crippen LogP contribution in [0.15, 0.2) is 47.3 Å². The third-order valence-electron chi connectivity index (χ3n) is 5.40. The number of alkyl halides is 5. The summed E-state index contributed by atoms with van der Waals surface area (Å²) in [5.74, 6) is -0.723. The van der Waals surface area contributed by atoms with Crippen LogP contribution in [-0.4, -0.2) is 37.1 Å². The summed E-state index contributed by atoms with van der Waals surface area (Å²) in [6.45, 7) is -2.93. The number of aromatic amines is 1. The van der Waals surface area contributed by atoms with E-state index >= 15 is 0 Å². The van der Waals surface area contributed by atoms with Crippen molar-refractivity contribution in [3.8, 4) is 0 Å². The molecule has 0 aliphatic carbocycles. The molecule has 1 atom stereocenters. The monoisotopic (exact) mass is 451 g/mol. The molecule has 5 rings (SSSR count). The molecule has 0 unspecified atom stereocenters. The van der Waals surface area contributed by atoms with Gasteiger partial charge in [0.25, 0.3) is 5.91 Å². The van der Waals surface area contributed by atoms with Crippen LogP contribution in [0.4, 0.5) is 22.0 Å². The van der Waals surface area contributed by atoms with Crippen LogP contribution in [0, 0.1) is 0 Å². The second-order valence-corrected chi connectivity index (χ2v) is 7.23. The topological polar surface area (TPSA) is 80.0 Å². The first-order chi connectivity index (χ1) is 15.3. The maximum Gasteiger partial charge on any atom is 0.420 e. The third-order valence-corrected chi connectivity index (χ3v) is 5.40. The van der Waals surface area contributed by atoms with E-state index in [1.165, 1.54) is 29.4 Å². The van der Waals surface area contributed by atoms with E-state index in [-0.39, 0.29) is 29.0 Å². The van der Waals surface area contributed by atoms with Crippen molar-refractivity contribution < 1.29 is 31.2 Å². The number of carbonyl (C=O) groups excluding carboxylic acids is 1. The van der Waals surface area contributed by atoms with E-state index in [2.05, 4.69) is 15.1 Å². The molecular formula is C20H14F5N5O2. The van der Waals surface area contributed by atoms with Crippen LogP contribution >= 0.6 is 0 Å². The number of furan rings is 1. The number of amides is 1. The van der Waals surface area contributed by atoms with Crippen molar-refractivity contribution in [3.63, 3.8) is 0 Å². The molecule has 12 heteroatoms. The van der Waals surface area contributed by atoms with E-state index < -0.39 is 30.2 Å². The summed E-state index contributed by atoms with van der Waals surface area (Å²) in [4.78, 5) is 21.6.